The van der Waals surface area contributed by atoms with Crippen LogP contribution in [0.15, 0.2) is 47.4 Å². The van der Waals surface area contributed by atoms with Crippen molar-refractivity contribution in [2.75, 3.05) is 23.1 Å². The number of aromatic nitrogens is 3. The Morgan fingerprint density at radius 2 is 1.84 bits per heavy atom. The summed E-state index contributed by atoms with van der Waals surface area (Å²) in [7, 11) is 0. The van der Waals surface area contributed by atoms with Crippen molar-refractivity contribution in [3.05, 3.63) is 52.9 Å². The van der Waals surface area contributed by atoms with Crippen LogP contribution in [0.3, 0.4) is 0 Å². The highest BCUT2D eigenvalue weighted by molar-refractivity contribution is 5.76. The van der Waals surface area contributed by atoms with Crippen LogP contribution in [-0.4, -0.2) is 44.0 Å². The third-order valence-electron chi connectivity index (χ3n) is 8.94. The van der Waals surface area contributed by atoms with Gasteiger partial charge in [-0.15, -0.1) is 0 Å². The molecule has 2 aliphatic carbocycles. The van der Waals surface area contributed by atoms with Gasteiger partial charge in [0.2, 0.25) is 0 Å². The van der Waals surface area contributed by atoms with E-state index in [2.05, 4.69) is 9.88 Å². The number of benzene rings is 1. The lowest BCUT2D eigenvalue weighted by molar-refractivity contribution is 0.169. The van der Waals surface area contributed by atoms with Gasteiger partial charge in [-0.05, 0) is 100.0 Å². The highest BCUT2D eigenvalue weighted by Crippen LogP contribution is 2.50. The van der Waals surface area contributed by atoms with Crippen molar-refractivity contribution in [2.45, 2.75) is 70.4 Å². The number of fused-ring (bicyclic) bond motifs is 3. The summed E-state index contributed by atoms with van der Waals surface area (Å²) in [6.07, 6.45) is 10.4. The summed E-state index contributed by atoms with van der Waals surface area (Å²) in [4.78, 5) is 24.4. The lowest BCUT2D eigenvalue weighted by Crippen LogP contribution is -2.33. The second kappa shape index (κ2) is 10.1. The number of aliphatic hydroxyl groups is 1. The molecule has 2 bridgehead atoms. The van der Waals surface area contributed by atoms with Gasteiger partial charge in [0.1, 0.15) is 5.65 Å². The average Bonchev–Trinajstić information content (AvgIpc) is 3.55. The van der Waals surface area contributed by atoms with Crippen LogP contribution in [0, 0.1) is 17.8 Å². The van der Waals surface area contributed by atoms with Gasteiger partial charge in [0.25, 0.3) is 11.5 Å². The molecule has 4 atom stereocenters. The average molecular weight is 504 g/mol. The molecule has 2 aromatic heterocycles. The zero-order valence-corrected chi connectivity index (χ0v) is 21.5. The van der Waals surface area contributed by atoms with E-state index in [4.69, 9.17) is 4.98 Å². The maximum atomic E-state index is 12.9. The number of hydrogen-bond donors (Lipinski definition) is 2. The maximum absolute atomic E-state index is 12.9. The van der Waals surface area contributed by atoms with E-state index >= 15 is 0 Å². The van der Waals surface area contributed by atoms with Crippen LogP contribution in [0.2, 0.25) is 0 Å². The zero-order valence-electron chi connectivity index (χ0n) is 21.5. The van der Waals surface area contributed by atoms with Crippen molar-refractivity contribution < 1.29 is 10.3 Å². The van der Waals surface area contributed by atoms with Crippen LogP contribution >= 0.6 is 0 Å². The molecule has 8 heteroatoms. The fourth-order valence-electron chi connectivity index (χ4n) is 6.86. The minimum Gasteiger partial charge on any atom is -0.393 e. The predicted molar refractivity (Wildman–Crippen MR) is 145 cm³/mol. The van der Waals surface area contributed by atoms with Gasteiger partial charge in [-0.1, -0.05) is 6.42 Å². The van der Waals surface area contributed by atoms with Crippen molar-refractivity contribution in [3.8, 4) is 0 Å². The standard InChI is InChI=1S/C29H37N5O3/c1-19(35)2-3-20-12-14-32(15-13-20)24-7-9-25(10-8-24)34(37)29-30-18-23-6-11-27(36)33(28(23)31-29)26-17-21-4-5-22(26)16-21/h6-11,18-22,26,35,37H,2-5,12-17H2,1H3. The van der Waals surface area contributed by atoms with E-state index in [-0.39, 0.29) is 23.7 Å². The highest BCUT2D eigenvalue weighted by Gasteiger charge is 2.41. The molecule has 0 spiro atoms. The first-order chi connectivity index (χ1) is 18.0. The van der Waals surface area contributed by atoms with Crippen LogP contribution in [0.4, 0.5) is 17.3 Å². The molecule has 3 aliphatic rings. The normalized spacial score (nSPS) is 24.6. The van der Waals surface area contributed by atoms with Gasteiger partial charge in [0.15, 0.2) is 0 Å². The SMILES string of the molecule is CC(O)CCC1CCN(c2ccc(N(O)c3ncc4ccc(=O)n(C5CC6CCC5C6)c4n3)cc2)CC1. The molecular formula is C29H37N5O3. The molecule has 1 aromatic carbocycles. The predicted octanol–water partition coefficient (Wildman–Crippen LogP) is 5.06. The van der Waals surface area contributed by atoms with E-state index in [9.17, 15) is 15.1 Å². The largest absolute Gasteiger partial charge is 0.393 e. The number of piperidine rings is 1. The summed E-state index contributed by atoms with van der Waals surface area (Å²) in [5.74, 6) is 2.09. The van der Waals surface area contributed by atoms with Crippen molar-refractivity contribution >= 4 is 28.4 Å². The molecule has 196 valence electrons. The zero-order chi connectivity index (χ0) is 25.5. The Labute approximate surface area is 217 Å². The third-order valence-corrected chi connectivity index (χ3v) is 8.94. The number of hydrogen-bond acceptors (Lipinski definition) is 7. The van der Waals surface area contributed by atoms with Crippen LogP contribution in [0.25, 0.3) is 11.0 Å². The van der Waals surface area contributed by atoms with E-state index < -0.39 is 0 Å². The van der Waals surface area contributed by atoms with E-state index in [1.54, 1.807) is 18.3 Å². The number of pyridine rings is 1. The minimum absolute atomic E-state index is 0.0295. The number of rotatable bonds is 7. The summed E-state index contributed by atoms with van der Waals surface area (Å²) in [6.45, 7) is 3.86. The number of anilines is 3. The van der Waals surface area contributed by atoms with Gasteiger partial charge >= 0.3 is 0 Å². The molecule has 4 unspecified atom stereocenters. The highest BCUT2D eigenvalue weighted by atomic mass is 16.5. The van der Waals surface area contributed by atoms with Crippen LogP contribution in [0.5, 0.6) is 0 Å². The third kappa shape index (κ3) is 4.84. The Morgan fingerprint density at radius 1 is 1.05 bits per heavy atom. The molecule has 3 fully saturated rings. The van der Waals surface area contributed by atoms with Gasteiger partial charge in [0.05, 0.1) is 11.8 Å². The summed E-state index contributed by atoms with van der Waals surface area (Å²) in [5, 5.41) is 22.4. The van der Waals surface area contributed by atoms with Gasteiger partial charge in [-0.2, -0.15) is 10.0 Å². The summed E-state index contributed by atoms with van der Waals surface area (Å²) in [6, 6.07) is 11.4. The molecule has 6 rings (SSSR count). The second-order valence-corrected chi connectivity index (χ2v) is 11.4. The molecule has 3 heterocycles. The first kappa shape index (κ1) is 24.4. The molecule has 8 nitrogen and oxygen atoms in total. The van der Waals surface area contributed by atoms with E-state index in [0.29, 0.717) is 29.1 Å². The molecule has 1 saturated heterocycles. The van der Waals surface area contributed by atoms with Crippen LogP contribution in [0.1, 0.15) is 64.3 Å². The molecule has 37 heavy (non-hydrogen) atoms. The molecule has 0 radical (unpaired) electrons. The lowest BCUT2D eigenvalue weighted by Gasteiger charge is -2.34. The molecule has 2 saturated carbocycles. The molecule has 3 aromatic rings. The van der Waals surface area contributed by atoms with Crippen molar-refractivity contribution in [1.82, 2.24) is 14.5 Å². The Kier molecular flexibility index (Phi) is 6.63. The summed E-state index contributed by atoms with van der Waals surface area (Å²) in [5.41, 5.74) is 2.29. The molecular weight excluding hydrogens is 466 g/mol. The topological polar surface area (TPSA) is 94.7 Å². The molecule has 1 aliphatic heterocycles. The van der Waals surface area contributed by atoms with Gasteiger partial charge in [0, 0.05) is 42.5 Å². The Morgan fingerprint density at radius 3 is 2.51 bits per heavy atom. The second-order valence-electron chi connectivity index (χ2n) is 11.4. The number of aliphatic hydroxyl groups excluding tert-OH is 1. The van der Waals surface area contributed by atoms with Crippen molar-refractivity contribution in [1.29, 1.82) is 0 Å². The first-order valence-electron chi connectivity index (χ1n) is 13.9. The van der Waals surface area contributed by atoms with Gasteiger partial charge < -0.3 is 10.0 Å². The van der Waals surface area contributed by atoms with Gasteiger partial charge in [-0.25, -0.2) is 4.98 Å². The first-order valence-corrected chi connectivity index (χ1v) is 13.9. The van der Waals surface area contributed by atoms with Gasteiger partial charge in [-0.3, -0.25) is 14.6 Å². The lowest BCUT2D eigenvalue weighted by atomic mass is 9.91. The quantitative estimate of drug-likeness (QED) is 0.435. The fraction of sp³-hybridized carbons (Fsp3) is 0.552. The van der Waals surface area contributed by atoms with E-state index in [0.717, 1.165) is 61.3 Å². The maximum Gasteiger partial charge on any atom is 0.256 e. The number of nitrogens with zero attached hydrogens (tertiary/aromatic N) is 5. The smallest absolute Gasteiger partial charge is 0.256 e. The van der Waals surface area contributed by atoms with Crippen molar-refractivity contribution in [2.24, 2.45) is 17.8 Å². The Hall–Kier alpha value is -2.97. The van der Waals surface area contributed by atoms with Crippen molar-refractivity contribution in [3.63, 3.8) is 0 Å². The molecule has 0 amide bonds. The molecule has 2 N–H and O–H groups in total. The Balaban J connectivity index is 1.19. The fourth-order valence-corrected chi connectivity index (χ4v) is 6.86. The summed E-state index contributed by atoms with van der Waals surface area (Å²) < 4.78 is 1.85. The summed E-state index contributed by atoms with van der Waals surface area (Å²) >= 11 is 0. The van der Waals surface area contributed by atoms with E-state index in [1.165, 1.54) is 19.3 Å². The monoisotopic (exact) mass is 503 g/mol. The Bertz CT molecular complexity index is 1300. The minimum atomic E-state index is -0.219. The van der Waals surface area contributed by atoms with E-state index in [1.807, 2.05) is 35.8 Å². The van der Waals surface area contributed by atoms with Crippen LogP contribution in [-0.2, 0) is 0 Å². The van der Waals surface area contributed by atoms with Crippen LogP contribution < -0.4 is 15.5 Å².